The minimum absolute atomic E-state index is 0. The standard InChI is InChI=1S/C6H7ClN2O2.ClH/c1-3-5(7)4(2)9(8-3)6(10)11;/h1-2H3,(H,10,11);1H. The Balaban J connectivity index is 0.00000121. The molecule has 0 aromatic carbocycles. The lowest BCUT2D eigenvalue weighted by molar-refractivity contribution is 0.192. The second-order valence-corrected chi connectivity index (χ2v) is 2.56. The van der Waals surface area contributed by atoms with Gasteiger partial charge in [-0.25, -0.2) is 4.79 Å². The van der Waals surface area contributed by atoms with Crippen molar-refractivity contribution in [3.8, 4) is 0 Å². The lowest BCUT2D eigenvalue weighted by Gasteiger charge is -1.93. The molecular weight excluding hydrogens is 203 g/mol. The fraction of sp³-hybridized carbons (Fsp3) is 0.333. The summed E-state index contributed by atoms with van der Waals surface area (Å²) < 4.78 is 0.859. The van der Waals surface area contributed by atoms with Crippen molar-refractivity contribution in [1.82, 2.24) is 9.78 Å². The molecule has 6 heteroatoms. The van der Waals surface area contributed by atoms with Gasteiger partial charge in [0, 0.05) is 0 Å². The highest BCUT2D eigenvalue weighted by molar-refractivity contribution is 6.31. The zero-order valence-corrected chi connectivity index (χ0v) is 8.11. The number of hydrogen-bond acceptors (Lipinski definition) is 2. The molecular formula is C6H8Cl2N2O2. The van der Waals surface area contributed by atoms with Crippen molar-refractivity contribution >= 4 is 30.1 Å². The van der Waals surface area contributed by atoms with Gasteiger partial charge in [-0.15, -0.1) is 12.4 Å². The van der Waals surface area contributed by atoms with Crippen LogP contribution >= 0.6 is 24.0 Å². The van der Waals surface area contributed by atoms with Crippen LogP contribution in [0.3, 0.4) is 0 Å². The van der Waals surface area contributed by atoms with Gasteiger partial charge < -0.3 is 5.11 Å². The fourth-order valence-electron chi connectivity index (χ4n) is 0.810. The first-order chi connectivity index (χ1) is 5.04. The Bertz CT molecular complexity index is 309. The van der Waals surface area contributed by atoms with Crippen LogP contribution in [0.25, 0.3) is 0 Å². The molecule has 0 radical (unpaired) electrons. The van der Waals surface area contributed by atoms with Crippen molar-refractivity contribution in [2.24, 2.45) is 0 Å². The van der Waals surface area contributed by atoms with Crippen molar-refractivity contribution in [1.29, 1.82) is 0 Å². The molecule has 0 amide bonds. The van der Waals surface area contributed by atoms with Crippen molar-refractivity contribution in [2.45, 2.75) is 13.8 Å². The molecule has 0 spiro atoms. The van der Waals surface area contributed by atoms with Crippen LogP contribution in [0.15, 0.2) is 0 Å². The quantitative estimate of drug-likeness (QED) is 0.714. The predicted molar refractivity (Wildman–Crippen MR) is 47.4 cm³/mol. The predicted octanol–water partition coefficient (Wildman–Crippen LogP) is 2.10. The van der Waals surface area contributed by atoms with Crippen LogP contribution in [0.5, 0.6) is 0 Å². The Morgan fingerprint density at radius 1 is 1.58 bits per heavy atom. The summed E-state index contributed by atoms with van der Waals surface area (Å²) in [5.74, 6) is 0. The molecule has 0 atom stereocenters. The number of nitrogens with zero attached hydrogens (tertiary/aromatic N) is 2. The van der Waals surface area contributed by atoms with E-state index in [1.165, 1.54) is 0 Å². The van der Waals surface area contributed by atoms with Crippen molar-refractivity contribution in [2.75, 3.05) is 0 Å². The molecule has 0 unspecified atom stereocenters. The van der Waals surface area contributed by atoms with Gasteiger partial charge in [0.1, 0.15) is 0 Å². The van der Waals surface area contributed by atoms with E-state index < -0.39 is 6.09 Å². The summed E-state index contributed by atoms with van der Waals surface area (Å²) in [6.45, 7) is 3.27. The highest BCUT2D eigenvalue weighted by Gasteiger charge is 2.12. The van der Waals surface area contributed by atoms with E-state index in [1.54, 1.807) is 13.8 Å². The van der Waals surface area contributed by atoms with E-state index in [9.17, 15) is 4.79 Å². The Morgan fingerprint density at radius 2 is 2.08 bits per heavy atom. The molecule has 0 aliphatic rings. The van der Waals surface area contributed by atoms with E-state index >= 15 is 0 Å². The van der Waals surface area contributed by atoms with Crippen LogP contribution in [-0.2, 0) is 0 Å². The van der Waals surface area contributed by atoms with E-state index in [1.807, 2.05) is 0 Å². The molecule has 0 saturated carbocycles. The molecule has 0 aliphatic carbocycles. The average molecular weight is 211 g/mol. The van der Waals surface area contributed by atoms with E-state index in [2.05, 4.69) is 5.10 Å². The van der Waals surface area contributed by atoms with Crippen molar-refractivity contribution in [3.05, 3.63) is 16.4 Å². The fourth-order valence-corrected chi connectivity index (χ4v) is 0.928. The Labute approximate surface area is 80.5 Å². The Kier molecular flexibility index (Phi) is 3.55. The molecule has 0 fully saturated rings. The third-order valence-corrected chi connectivity index (χ3v) is 1.93. The lowest BCUT2D eigenvalue weighted by Crippen LogP contribution is -2.11. The maximum Gasteiger partial charge on any atom is 0.432 e. The number of aryl methyl sites for hydroxylation is 1. The number of carbonyl (C=O) groups is 1. The highest BCUT2D eigenvalue weighted by atomic mass is 35.5. The van der Waals surface area contributed by atoms with E-state index in [4.69, 9.17) is 16.7 Å². The zero-order chi connectivity index (χ0) is 8.59. The molecule has 0 saturated heterocycles. The minimum Gasteiger partial charge on any atom is -0.463 e. The molecule has 1 N–H and O–H groups in total. The van der Waals surface area contributed by atoms with Crippen LogP contribution in [0.4, 0.5) is 4.79 Å². The molecule has 12 heavy (non-hydrogen) atoms. The maximum atomic E-state index is 10.4. The third kappa shape index (κ3) is 1.70. The summed E-state index contributed by atoms with van der Waals surface area (Å²) in [4.78, 5) is 10.4. The number of rotatable bonds is 0. The summed E-state index contributed by atoms with van der Waals surface area (Å²) in [5.41, 5.74) is 0.989. The van der Waals surface area contributed by atoms with Crippen molar-refractivity contribution in [3.63, 3.8) is 0 Å². The summed E-state index contributed by atoms with van der Waals surface area (Å²) in [6, 6.07) is 0. The van der Waals surface area contributed by atoms with Gasteiger partial charge in [-0.05, 0) is 13.8 Å². The molecule has 4 nitrogen and oxygen atoms in total. The molecule has 68 valence electrons. The molecule has 1 aromatic heterocycles. The number of aromatic nitrogens is 2. The second kappa shape index (κ2) is 3.78. The summed E-state index contributed by atoms with van der Waals surface area (Å²) >= 11 is 5.70. The van der Waals surface area contributed by atoms with Gasteiger partial charge >= 0.3 is 6.09 Å². The topological polar surface area (TPSA) is 55.1 Å². The summed E-state index contributed by atoms with van der Waals surface area (Å²) in [6.07, 6.45) is -1.11. The first-order valence-electron chi connectivity index (χ1n) is 2.99. The van der Waals surface area contributed by atoms with Gasteiger partial charge in [-0.3, -0.25) is 0 Å². The van der Waals surface area contributed by atoms with Crippen LogP contribution in [0, 0.1) is 13.8 Å². The molecule has 1 aromatic rings. The first kappa shape index (κ1) is 11.3. The number of carboxylic acid groups (broad SMARTS) is 1. The monoisotopic (exact) mass is 210 g/mol. The van der Waals surface area contributed by atoms with Crippen LogP contribution in [0.1, 0.15) is 11.4 Å². The van der Waals surface area contributed by atoms with E-state index in [0.717, 1.165) is 4.68 Å². The minimum atomic E-state index is -1.11. The van der Waals surface area contributed by atoms with Crippen LogP contribution < -0.4 is 0 Å². The Morgan fingerprint density at radius 3 is 2.25 bits per heavy atom. The van der Waals surface area contributed by atoms with Crippen molar-refractivity contribution < 1.29 is 9.90 Å². The highest BCUT2D eigenvalue weighted by Crippen LogP contribution is 2.18. The van der Waals surface area contributed by atoms with Gasteiger partial charge in [0.05, 0.1) is 16.4 Å². The molecule has 0 bridgehead atoms. The smallest absolute Gasteiger partial charge is 0.432 e. The largest absolute Gasteiger partial charge is 0.463 e. The normalized spacial score (nSPS) is 9.25. The van der Waals surface area contributed by atoms with Gasteiger partial charge in [-0.2, -0.15) is 9.78 Å². The number of hydrogen-bond donors (Lipinski definition) is 1. The first-order valence-corrected chi connectivity index (χ1v) is 3.37. The molecule has 1 rings (SSSR count). The van der Waals surface area contributed by atoms with Crippen LogP contribution in [0.2, 0.25) is 5.02 Å². The van der Waals surface area contributed by atoms with Gasteiger partial charge in [0.2, 0.25) is 0 Å². The third-order valence-electron chi connectivity index (χ3n) is 1.38. The van der Waals surface area contributed by atoms with Gasteiger partial charge in [0.15, 0.2) is 0 Å². The summed E-state index contributed by atoms with van der Waals surface area (Å²) in [7, 11) is 0. The SMILES string of the molecule is Cc1nn(C(=O)O)c(C)c1Cl.Cl. The second-order valence-electron chi connectivity index (χ2n) is 2.18. The zero-order valence-electron chi connectivity index (χ0n) is 6.54. The van der Waals surface area contributed by atoms with E-state index in [-0.39, 0.29) is 12.4 Å². The Hall–Kier alpha value is -0.740. The number of halogens is 2. The molecule has 0 aliphatic heterocycles. The maximum absolute atomic E-state index is 10.4. The lowest BCUT2D eigenvalue weighted by atomic mass is 10.4. The average Bonchev–Trinajstić information content (AvgIpc) is 2.17. The van der Waals surface area contributed by atoms with Crippen LogP contribution in [-0.4, -0.2) is 21.0 Å². The summed E-state index contributed by atoms with van der Waals surface area (Å²) in [5, 5.41) is 12.6. The van der Waals surface area contributed by atoms with E-state index in [0.29, 0.717) is 16.4 Å². The van der Waals surface area contributed by atoms with Gasteiger partial charge in [0.25, 0.3) is 0 Å². The van der Waals surface area contributed by atoms with Gasteiger partial charge in [-0.1, -0.05) is 11.6 Å². The molecule has 1 heterocycles.